The minimum Gasteiger partial charge on any atom is -0.465 e. The van der Waals surface area contributed by atoms with Gasteiger partial charge in [0.2, 0.25) is 0 Å². The van der Waals surface area contributed by atoms with E-state index in [4.69, 9.17) is 16.9 Å². The number of carbonyl (C=O) groups is 2. The molecule has 2 heterocycles. The van der Waals surface area contributed by atoms with Gasteiger partial charge in [-0.2, -0.15) is 0 Å². The van der Waals surface area contributed by atoms with Crippen molar-refractivity contribution in [3.05, 3.63) is 40.4 Å². The minimum absolute atomic E-state index is 0.130. The Balaban J connectivity index is 2.07. The number of esters is 1. The summed E-state index contributed by atoms with van der Waals surface area (Å²) >= 11 is 1.47. The van der Waals surface area contributed by atoms with Crippen LogP contribution in [0.25, 0.3) is 10.2 Å². The first kappa shape index (κ1) is 31.0. The number of fused-ring (bicyclic) bond motifs is 1. The molecule has 1 aromatic heterocycles. The maximum atomic E-state index is 14.0. The number of benzene rings is 1. The van der Waals surface area contributed by atoms with E-state index in [1.807, 2.05) is 19.9 Å². The van der Waals surface area contributed by atoms with Crippen LogP contribution in [0.3, 0.4) is 0 Å². The van der Waals surface area contributed by atoms with Crippen LogP contribution in [0.1, 0.15) is 82.7 Å². The van der Waals surface area contributed by atoms with Gasteiger partial charge in [0.1, 0.15) is 16.7 Å². The molecule has 0 radical (unpaired) electrons. The van der Waals surface area contributed by atoms with Crippen molar-refractivity contribution in [2.75, 3.05) is 6.61 Å². The summed E-state index contributed by atoms with van der Waals surface area (Å²) in [6.07, 6.45) is 8.92. The number of ketones is 1. The molecule has 39 heavy (non-hydrogen) atoms. The average Bonchev–Trinajstić information content (AvgIpc) is 3.33. The number of aromatic nitrogens is 1. The Bertz CT molecular complexity index is 1230. The van der Waals surface area contributed by atoms with Gasteiger partial charge in [-0.25, -0.2) is 4.98 Å². The van der Waals surface area contributed by atoms with E-state index < -0.39 is 35.4 Å². The Morgan fingerprint density at radius 3 is 2.72 bits per heavy atom. The molecule has 0 spiro atoms. The van der Waals surface area contributed by atoms with Gasteiger partial charge in [-0.05, 0) is 62.6 Å². The second-order valence-corrected chi connectivity index (χ2v) is 12.4. The number of hydrogen-bond donors (Lipinski definition) is 3. The summed E-state index contributed by atoms with van der Waals surface area (Å²) in [6.45, 7) is 7.72. The Morgan fingerprint density at radius 1 is 1.28 bits per heavy atom. The van der Waals surface area contributed by atoms with Gasteiger partial charge in [-0.3, -0.25) is 9.59 Å². The van der Waals surface area contributed by atoms with Crippen molar-refractivity contribution >= 4 is 33.3 Å². The maximum Gasteiger partial charge on any atom is 0.316 e. The van der Waals surface area contributed by atoms with Crippen molar-refractivity contribution in [1.82, 2.24) is 4.98 Å². The number of hydrogen-bond acceptors (Lipinski definition) is 8. The van der Waals surface area contributed by atoms with E-state index in [-0.39, 0.29) is 18.3 Å². The van der Waals surface area contributed by atoms with Gasteiger partial charge in [0.05, 0.1) is 34.4 Å². The number of cyclic esters (lactones) is 1. The van der Waals surface area contributed by atoms with Crippen molar-refractivity contribution in [1.29, 1.82) is 0 Å². The molecule has 3 rings (SSSR count). The van der Waals surface area contributed by atoms with E-state index in [0.29, 0.717) is 36.9 Å². The Labute approximate surface area is 235 Å². The molecule has 0 aliphatic carbocycles. The van der Waals surface area contributed by atoms with Gasteiger partial charge in [0, 0.05) is 18.9 Å². The second-order valence-electron chi connectivity index (χ2n) is 11.3. The van der Waals surface area contributed by atoms with E-state index in [2.05, 4.69) is 17.0 Å². The molecule has 1 aliphatic heterocycles. The molecule has 212 valence electrons. The smallest absolute Gasteiger partial charge is 0.316 e. The van der Waals surface area contributed by atoms with Gasteiger partial charge < -0.3 is 20.7 Å². The number of nitrogens with two attached hydrogens (primary N) is 1. The molecule has 5 atom stereocenters. The molecule has 1 aromatic carbocycles. The fourth-order valence-electron chi connectivity index (χ4n) is 5.38. The van der Waals surface area contributed by atoms with Gasteiger partial charge in [0.25, 0.3) is 0 Å². The van der Waals surface area contributed by atoms with Crippen LogP contribution in [0.15, 0.2) is 29.8 Å². The number of nitrogens with zero attached hydrogens (tertiary/aromatic N) is 1. The third-order valence-corrected chi connectivity index (χ3v) is 9.01. The Hall–Kier alpha value is -2.57. The van der Waals surface area contributed by atoms with Crippen molar-refractivity contribution in [3.8, 4) is 12.3 Å². The highest BCUT2D eigenvalue weighted by atomic mass is 32.1. The third-order valence-electron chi connectivity index (χ3n) is 7.95. The molecule has 5 unspecified atom stereocenters. The number of Topliss-reactive ketones (excluding diaryl/α,β-unsaturated/α-hetero) is 1. The monoisotopic (exact) mass is 554 g/mol. The Morgan fingerprint density at radius 2 is 2.03 bits per heavy atom. The normalized spacial score (nSPS) is 27.5. The molecular formula is C31H42N2O5S. The first-order valence-corrected chi connectivity index (χ1v) is 14.6. The van der Waals surface area contributed by atoms with Gasteiger partial charge in [0.15, 0.2) is 0 Å². The van der Waals surface area contributed by atoms with Crippen LogP contribution in [0.4, 0.5) is 0 Å². The molecule has 0 amide bonds. The lowest BCUT2D eigenvalue weighted by Gasteiger charge is -2.38. The van der Waals surface area contributed by atoms with Gasteiger partial charge in [-0.15, -0.1) is 23.7 Å². The van der Waals surface area contributed by atoms with Crippen molar-refractivity contribution in [2.45, 2.75) is 90.9 Å². The topological polar surface area (TPSA) is 123 Å². The van der Waals surface area contributed by atoms with Crippen molar-refractivity contribution in [2.24, 2.45) is 23.0 Å². The first-order valence-electron chi connectivity index (χ1n) is 13.8. The largest absolute Gasteiger partial charge is 0.465 e. The van der Waals surface area contributed by atoms with E-state index >= 15 is 0 Å². The lowest BCUT2D eigenvalue weighted by molar-refractivity contribution is -0.155. The maximum absolute atomic E-state index is 14.0. The average molecular weight is 555 g/mol. The van der Waals surface area contributed by atoms with Crippen LogP contribution >= 0.6 is 11.3 Å². The van der Waals surface area contributed by atoms with Crippen LogP contribution in [0.2, 0.25) is 0 Å². The summed E-state index contributed by atoms with van der Waals surface area (Å²) in [5.74, 6) is -0.369. The predicted octanol–water partition coefficient (Wildman–Crippen LogP) is 4.88. The lowest BCUT2D eigenvalue weighted by atomic mass is 9.68. The fraction of sp³-hybridized carbons (Fsp3) is 0.581. The van der Waals surface area contributed by atoms with Crippen molar-refractivity contribution < 1.29 is 24.5 Å². The number of terminal acetylenes is 1. The molecular weight excluding hydrogens is 512 g/mol. The van der Waals surface area contributed by atoms with Crippen LogP contribution in [-0.2, 0) is 20.9 Å². The summed E-state index contributed by atoms with van der Waals surface area (Å²) in [6, 6.07) is 5.38. The van der Waals surface area contributed by atoms with E-state index in [0.717, 1.165) is 29.0 Å². The number of rotatable bonds is 4. The van der Waals surface area contributed by atoms with Crippen LogP contribution in [0, 0.1) is 29.6 Å². The SMILES string of the molecule is C#CCCC1C(=O)C(C)(C)C(O)C(c2ccc3sc(CN)nc3c2)C(=O)OCCC=C(C)CCCC(C)C1O. The van der Waals surface area contributed by atoms with Gasteiger partial charge in [-0.1, -0.05) is 38.5 Å². The number of ether oxygens (including phenoxy) is 1. The molecule has 8 heteroatoms. The van der Waals surface area contributed by atoms with Gasteiger partial charge >= 0.3 is 5.97 Å². The summed E-state index contributed by atoms with van der Waals surface area (Å²) in [5, 5.41) is 23.8. The molecule has 1 aliphatic rings. The predicted molar refractivity (Wildman–Crippen MR) is 155 cm³/mol. The zero-order valence-corrected chi connectivity index (χ0v) is 24.3. The first-order chi connectivity index (χ1) is 18.5. The van der Waals surface area contributed by atoms with Crippen LogP contribution in [0.5, 0.6) is 0 Å². The molecule has 2 aromatic rings. The zero-order chi connectivity index (χ0) is 28.7. The number of aliphatic hydroxyl groups excluding tert-OH is 2. The summed E-state index contributed by atoms with van der Waals surface area (Å²) in [5.41, 5.74) is 6.75. The molecule has 0 saturated carbocycles. The Kier molecular flexibility index (Phi) is 10.9. The standard InChI is InChI=1S/C31H42N2O5S/c1-6-7-13-22-27(34)20(3)12-8-10-19(2)11-9-16-38-30(37)26(29(36)31(4,5)28(22)35)21-14-15-24-23(17-21)33-25(18-32)39-24/h1,11,14-15,17,20,22,26-27,29,34,36H,7-10,12-13,16,18,32H2,2-5H3. The summed E-state index contributed by atoms with van der Waals surface area (Å²) < 4.78 is 6.57. The van der Waals surface area contributed by atoms with Crippen molar-refractivity contribution in [3.63, 3.8) is 0 Å². The molecule has 4 N–H and O–H groups in total. The van der Waals surface area contributed by atoms with Crippen LogP contribution in [-0.4, -0.2) is 45.8 Å². The highest BCUT2D eigenvalue weighted by Crippen LogP contribution is 2.39. The summed E-state index contributed by atoms with van der Waals surface area (Å²) in [7, 11) is 0. The number of aliphatic hydroxyl groups is 2. The lowest BCUT2D eigenvalue weighted by Crippen LogP contribution is -2.49. The molecule has 0 fully saturated rings. The molecule has 0 bridgehead atoms. The highest BCUT2D eigenvalue weighted by molar-refractivity contribution is 7.18. The minimum atomic E-state index is -1.41. The summed E-state index contributed by atoms with van der Waals surface area (Å²) in [4.78, 5) is 32.1. The number of allylic oxidation sites excluding steroid dienone is 1. The van der Waals surface area contributed by atoms with E-state index in [1.165, 1.54) is 16.9 Å². The van der Waals surface area contributed by atoms with E-state index in [1.54, 1.807) is 26.0 Å². The second kappa shape index (κ2) is 13.7. The van der Waals surface area contributed by atoms with Crippen LogP contribution < -0.4 is 5.73 Å². The number of thiazole rings is 1. The third kappa shape index (κ3) is 7.34. The van der Waals surface area contributed by atoms with E-state index in [9.17, 15) is 19.8 Å². The molecule has 7 nitrogen and oxygen atoms in total. The number of carbonyl (C=O) groups excluding carboxylic acids is 2. The highest BCUT2D eigenvalue weighted by Gasteiger charge is 2.48. The molecule has 0 saturated heterocycles. The zero-order valence-electron chi connectivity index (χ0n) is 23.5. The quantitative estimate of drug-likeness (QED) is 0.279. The fourth-order valence-corrected chi connectivity index (χ4v) is 6.21.